The summed E-state index contributed by atoms with van der Waals surface area (Å²) in [4.78, 5) is 44.6. The molecule has 0 radical (unpaired) electrons. The second-order valence-electron chi connectivity index (χ2n) is 7.51. The van der Waals surface area contributed by atoms with Crippen LogP contribution in [0.5, 0.6) is 0 Å². The number of benzene rings is 1. The number of aromatic nitrogens is 2. The van der Waals surface area contributed by atoms with Gasteiger partial charge in [0.1, 0.15) is 0 Å². The molecule has 3 rings (SSSR count). The lowest BCUT2D eigenvalue weighted by Gasteiger charge is -2.39. The molecule has 1 aliphatic heterocycles. The number of piperidine rings is 1. The van der Waals surface area contributed by atoms with Crippen LogP contribution in [0.25, 0.3) is 0 Å². The molecule has 0 aliphatic carbocycles. The third kappa shape index (κ3) is 5.20. The normalized spacial score (nSPS) is 18.3. The third-order valence-electron chi connectivity index (χ3n) is 5.38. The number of carboxylic acid groups (broad SMARTS) is 1. The average Bonchev–Trinajstić information content (AvgIpc) is 3.14. The number of hydrogen-bond donors (Lipinski definition) is 4. The van der Waals surface area contributed by atoms with Crippen molar-refractivity contribution >= 4 is 40.8 Å². The van der Waals surface area contributed by atoms with Gasteiger partial charge in [0.05, 0.1) is 29.1 Å². The Balaban J connectivity index is 1.72. The SMILES string of the molecule is CCc1[nH]c(C(=O)N[C@@H]2CCN(c3ccc(NC(C)=O)c(C(=O)O)c3)C[C@@H]2OC)nc1Cl. The lowest BCUT2D eigenvalue weighted by molar-refractivity contribution is -0.114. The van der Waals surface area contributed by atoms with Crippen molar-refractivity contribution in [2.45, 2.75) is 38.8 Å². The minimum atomic E-state index is -1.13. The van der Waals surface area contributed by atoms with E-state index in [2.05, 4.69) is 20.6 Å². The summed E-state index contributed by atoms with van der Waals surface area (Å²) in [7, 11) is 1.56. The van der Waals surface area contributed by atoms with Gasteiger partial charge in [-0.1, -0.05) is 18.5 Å². The molecule has 1 aliphatic rings. The Morgan fingerprint density at radius 1 is 1.38 bits per heavy atom. The number of nitrogens with one attached hydrogen (secondary N) is 3. The number of methoxy groups -OCH3 is 1. The van der Waals surface area contributed by atoms with Crippen molar-refractivity contribution in [3.05, 3.63) is 40.4 Å². The molecule has 2 atom stereocenters. The Morgan fingerprint density at radius 3 is 2.72 bits per heavy atom. The van der Waals surface area contributed by atoms with Gasteiger partial charge in [-0.3, -0.25) is 9.59 Å². The highest BCUT2D eigenvalue weighted by atomic mass is 35.5. The van der Waals surface area contributed by atoms with Crippen molar-refractivity contribution < 1.29 is 24.2 Å². The maximum absolute atomic E-state index is 12.6. The van der Waals surface area contributed by atoms with Crippen LogP contribution >= 0.6 is 11.6 Å². The van der Waals surface area contributed by atoms with E-state index in [1.165, 1.54) is 13.0 Å². The fourth-order valence-corrected chi connectivity index (χ4v) is 3.99. The third-order valence-corrected chi connectivity index (χ3v) is 5.70. The molecule has 2 aromatic rings. The van der Waals surface area contributed by atoms with E-state index in [1.807, 2.05) is 11.8 Å². The lowest BCUT2D eigenvalue weighted by Crippen LogP contribution is -2.55. The van der Waals surface area contributed by atoms with Crippen molar-refractivity contribution in [2.75, 3.05) is 30.4 Å². The molecule has 0 saturated carbocycles. The summed E-state index contributed by atoms with van der Waals surface area (Å²) in [5, 5.41) is 15.3. The first kappa shape index (κ1) is 23.6. The molecule has 0 spiro atoms. The molecule has 2 heterocycles. The van der Waals surface area contributed by atoms with E-state index in [9.17, 15) is 19.5 Å². The van der Waals surface area contributed by atoms with E-state index in [0.29, 0.717) is 37.3 Å². The summed E-state index contributed by atoms with van der Waals surface area (Å²) in [6, 6.07) is 4.59. The first-order chi connectivity index (χ1) is 15.2. The van der Waals surface area contributed by atoms with Gasteiger partial charge in [0.25, 0.3) is 5.91 Å². The summed E-state index contributed by atoms with van der Waals surface area (Å²) < 4.78 is 5.61. The number of carboxylic acids is 1. The highest BCUT2D eigenvalue weighted by molar-refractivity contribution is 6.30. The van der Waals surface area contributed by atoms with E-state index in [1.54, 1.807) is 19.2 Å². The van der Waals surface area contributed by atoms with E-state index in [0.717, 1.165) is 0 Å². The molecule has 11 heteroatoms. The molecule has 0 unspecified atom stereocenters. The van der Waals surface area contributed by atoms with Crippen LogP contribution in [0.2, 0.25) is 5.15 Å². The van der Waals surface area contributed by atoms with Gasteiger partial charge in [0.15, 0.2) is 11.0 Å². The molecule has 32 heavy (non-hydrogen) atoms. The standard InChI is InChI=1S/C21H26ClN5O5/c1-4-14-18(22)26-19(24-14)20(29)25-16-7-8-27(10-17(16)32-3)12-5-6-15(23-11(2)28)13(9-12)21(30)31/h5-6,9,16-17H,4,7-8,10H2,1-3H3,(H,23,28)(H,24,26)(H,25,29)(H,30,31)/t16-,17+/m1/s1. The van der Waals surface area contributed by atoms with Gasteiger partial charge in [-0.2, -0.15) is 0 Å². The topological polar surface area (TPSA) is 137 Å². The molecule has 4 N–H and O–H groups in total. The molecule has 172 valence electrons. The molecular weight excluding hydrogens is 438 g/mol. The fraction of sp³-hybridized carbons (Fsp3) is 0.429. The number of halogens is 1. The molecule has 10 nitrogen and oxygen atoms in total. The van der Waals surface area contributed by atoms with Crippen LogP contribution in [-0.4, -0.2) is 65.2 Å². The highest BCUT2D eigenvalue weighted by Gasteiger charge is 2.32. The van der Waals surface area contributed by atoms with Crippen LogP contribution in [-0.2, 0) is 16.0 Å². The molecule has 1 saturated heterocycles. The zero-order chi connectivity index (χ0) is 23.4. The number of aromatic amines is 1. The monoisotopic (exact) mass is 463 g/mol. The van der Waals surface area contributed by atoms with Gasteiger partial charge in [0, 0.05) is 32.8 Å². The van der Waals surface area contributed by atoms with Crippen LogP contribution in [0.15, 0.2) is 18.2 Å². The van der Waals surface area contributed by atoms with E-state index < -0.39 is 5.97 Å². The summed E-state index contributed by atoms with van der Waals surface area (Å²) in [6.07, 6.45) is 0.888. The van der Waals surface area contributed by atoms with Crippen LogP contribution < -0.4 is 15.5 Å². The van der Waals surface area contributed by atoms with Crippen LogP contribution in [0.1, 0.15) is 46.9 Å². The molecule has 1 aromatic heterocycles. The Morgan fingerprint density at radius 2 is 2.12 bits per heavy atom. The fourth-order valence-electron chi connectivity index (χ4n) is 3.73. The lowest BCUT2D eigenvalue weighted by atomic mass is 10.00. The average molecular weight is 464 g/mol. The van der Waals surface area contributed by atoms with Gasteiger partial charge < -0.3 is 30.4 Å². The second kappa shape index (κ2) is 10.0. The van der Waals surface area contributed by atoms with Crippen molar-refractivity contribution in [2.24, 2.45) is 0 Å². The largest absolute Gasteiger partial charge is 0.478 e. The van der Waals surface area contributed by atoms with Crippen molar-refractivity contribution in [3.8, 4) is 0 Å². The van der Waals surface area contributed by atoms with Gasteiger partial charge in [0.2, 0.25) is 5.91 Å². The molecule has 0 bridgehead atoms. The summed E-state index contributed by atoms with van der Waals surface area (Å²) in [6.45, 7) is 4.25. The quantitative estimate of drug-likeness (QED) is 0.494. The number of imidazole rings is 1. The smallest absolute Gasteiger partial charge is 0.337 e. The van der Waals surface area contributed by atoms with Crippen LogP contribution in [0, 0.1) is 0 Å². The summed E-state index contributed by atoms with van der Waals surface area (Å²) in [5.41, 5.74) is 1.63. The van der Waals surface area contributed by atoms with Gasteiger partial charge in [-0.15, -0.1) is 0 Å². The minimum absolute atomic E-state index is 0.00326. The second-order valence-corrected chi connectivity index (χ2v) is 7.87. The zero-order valence-corrected chi connectivity index (χ0v) is 18.8. The van der Waals surface area contributed by atoms with E-state index in [-0.39, 0.29) is 46.2 Å². The number of ether oxygens (including phenoxy) is 1. The predicted molar refractivity (Wildman–Crippen MR) is 120 cm³/mol. The Kier molecular flexibility index (Phi) is 7.37. The summed E-state index contributed by atoms with van der Waals surface area (Å²) in [5.74, 6) is -1.69. The number of carbonyl (C=O) groups excluding carboxylic acids is 2. The number of rotatable bonds is 7. The highest BCUT2D eigenvalue weighted by Crippen LogP contribution is 2.27. The molecule has 2 amide bonds. The molecule has 1 fully saturated rings. The van der Waals surface area contributed by atoms with Gasteiger partial charge in [-0.25, -0.2) is 9.78 Å². The Hall–Kier alpha value is -3.11. The number of aromatic carboxylic acids is 1. The number of carbonyl (C=O) groups is 3. The minimum Gasteiger partial charge on any atom is -0.478 e. The first-order valence-electron chi connectivity index (χ1n) is 10.2. The Bertz CT molecular complexity index is 1020. The number of aryl methyl sites for hydroxylation is 1. The number of hydrogen-bond acceptors (Lipinski definition) is 6. The van der Waals surface area contributed by atoms with Crippen LogP contribution in [0.4, 0.5) is 11.4 Å². The van der Waals surface area contributed by atoms with Gasteiger partial charge in [-0.05, 0) is 31.0 Å². The van der Waals surface area contributed by atoms with Crippen molar-refractivity contribution in [1.29, 1.82) is 0 Å². The van der Waals surface area contributed by atoms with Crippen molar-refractivity contribution in [3.63, 3.8) is 0 Å². The number of H-pyrrole nitrogens is 1. The number of amides is 2. The molecular formula is C21H26ClN5O5. The zero-order valence-electron chi connectivity index (χ0n) is 18.1. The first-order valence-corrected chi connectivity index (χ1v) is 10.6. The predicted octanol–water partition coefficient (Wildman–Crippen LogP) is 2.31. The molecule has 1 aromatic carbocycles. The van der Waals surface area contributed by atoms with Gasteiger partial charge >= 0.3 is 5.97 Å². The van der Waals surface area contributed by atoms with Crippen LogP contribution in [0.3, 0.4) is 0 Å². The Labute approximate surface area is 190 Å². The maximum atomic E-state index is 12.6. The maximum Gasteiger partial charge on any atom is 0.337 e. The number of anilines is 2. The number of nitrogens with zero attached hydrogens (tertiary/aromatic N) is 2. The van der Waals surface area contributed by atoms with E-state index in [4.69, 9.17) is 16.3 Å². The van der Waals surface area contributed by atoms with Crippen molar-refractivity contribution in [1.82, 2.24) is 15.3 Å². The summed E-state index contributed by atoms with van der Waals surface area (Å²) >= 11 is 6.03. The van der Waals surface area contributed by atoms with E-state index >= 15 is 0 Å².